The number of carboxylic acid groups (broad SMARTS) is 1. The average molecular weight is 141 g/mol. The summed E-state index contributed by atoms with van der Waals surface area (Å²) >= 11 is 0. The fourth-order valence-corrected chi connectivity index (χ4v) is 0.649. The van der Waals surface area contributed by atoms with Crippen LogP contribution in [0, 0.1) is 0 Å². The van der Waals surface area contributed by atoms with Gasteiger partial charge < -0.3 is 9.90 Å². The zero-order valence-corrected chi connectivity index (χ0v) is 6.30. The summed E-state index contributed by atoms with van der Waals surface area (Å²) in [5.74, 6) is -0.954. The van der Waals surface area contributed by atoms with Crippen LogP contribution in [0.4, 0.5) is 0 Å². The molecule has 0 atom stereocenters. The molecule has 2 heteroatoms. The molecule has 0 aliphatic carbocycles. The molecule has 0 amide bonds. The van der Waals surface area contributed by atoms with E-state index in [0.29, 0.717) is 6.42 Å². The molecular weight excluding hydrogens is 128 g/mol. The van der Waals surface area contributed by atoms with Crippen LogP contribution in [0.3, 0.4) is 0 Å². The third-order valence-electron chi connectivity index (χ3n) is 1.15. The fraction of sp³-hybridized carbons (Fsp3) is 0.625. The van der Waals surface area contributed by atoms with Crippen molar-refractivity contribution in [3.63, 3.8) is 0 Å². The number of hydrogen-bond donors (Lipinski definition) is 0. The minimum Gasteiger partial charge on any atom is -0.550 e. The van der Waals surface area contributed by atoms with E-state index in [-0.39, 0.29) is 6.42 Å². The van der Waals surface area contributed by atoms with Gasteiger partial charge in [-0.1, -0.05) is 19.1 Å². The highest BCUT2D eigenvalue weighted by atomic mass is 16.4. The summed E-state index contributed by atoms with van der Waals surface area (Å²) in [6.07, 6.45) is 6.78. The van der Waals surface area contributed by atoms with E-state index < -0.39 is 5.97 Å². The maximum absolute atomic E-state index is 9.90. The highest BCUT2D eigenvalue weighted by Crippen LogP contribution is 1.95. The molecule has 0 rings (SSSR count). The molecule has 0 spiro atoms. The van der Waals surface area contributed by atoms with Gasteiger partial charge in [-0.2, -0.15) is 0 Å². The minimum absolute atomic E-state index is 0.175. The predicted octanol–water partition coefficient (Wildman–Crippen LogP) is 0.873. The Bertz CT molecular complexity index is 116. The zero-order valence-electron chi connectivity index (χ0n) is 6.30. The maximum atomic E-state index is 9.90. The summed E-state index contributed by atoms with van der Waals surface area (Å²) in [4.78, 5) is 9.90. The molecule has 10 heavy (non-hydrogen) atoms. The van der Waals surface area contributed by atoms with E-state index in [1.54, 1.807) is 0 Å². The van der Waals surface area contributed by atoms with E-state index >= 15 is 0 Å². The van der Waals surface area contributed by atoms with Crippen molar-refractivity contribution >= 4 is 5.97 Å². The zero-order chi connectivity index (χ0) is 7.82. The fourth-order valence-electron chi connectivity index (χ4n) is 0.649. The normalized spacial score (nSPS) is 10.5. The van der Waals surface area contributed by atoms with E-state index in [9.17, 15) is 9.90 Å². The SMILES string of the molecule is CC/C=C\CCCC(=O)[O-]. The molecule has 0 bridgehead atoms. The molecule has 0 N–H and O–H groups in total. The van der Waals surface area contributed by atoms with E-state index in [1.807, 2.05) is 12.2 Å². The molecule has 0 unspecified atom stereocenters. The Morgan fingerprint density at radius 2 is 2.20 bits per heavy atom. The maximum Gasteiger partial charge on any atom is 0.0414 e. The predicted molar refractivity (Wildman–Crippen MR) is 38.3 cm³/mol. The van der Waals surface area contributed by atoms with Crippen LogP contribution in [0.25, 0.3) is 0 Å². The van der Waals surface area contributed by atoms with Crippen molar-refractivity contribution in [2.24, 2.45) is 0 Å². The number of carbonyl (C=O) groups excluding carboxylic acids is 1. The van der Waals surface area contributed by atoms with Crippen molar-refractivity contribution in [1.82, 2.24) is 0 Å². The van der Waals surface area contributed by atoms with Crippen LogP contribution < -0.4 is 5.11 Å². The number of aliphatic carboxylic acids is 1. The summed E-state index contributed by atoms with van der Waals surface area (Å²) in [5, 5.41) is 9.90. The van der Waals surface area contributed by atoms with Gasteiger partial charge in [0.2, 0.25) is 0 Å². The number of carboxylic acids is 1. The third kappa shape index (κ3) is 7.21. The monoisotopic (exact) mass is 141 g/mol. The van der Waals surface area contributed by atoms with E-state index in [2.05, 4.69) is 6.92 Å². The summed E-state index contributed by atoms with van der Waals surface area (Å²) in [6, 6.07) is 0. The molecule has 0 aliphatic rings. The van der Waals surface area contributed by atoms with Crippen molar-refractivity contribution in [1.29, 1.82) is 0 Å². The van der Waals surface area contributed by atoms with Gasteiger partial charge in [-0.05, 0) is 25.7 Å². The van der Waals surface area contributed by atoms with Crippen LogP contribution in [0.15, 0.2) is 12.2 Å². The lowest BCUT2D eigenvalue weighted by Gasteiger charge is -1.96. The second-order valence-electron chi connectivity index (χ2n) is 2.14. The summed E-state index contributed by atoms with van der Waals surface area (Å²) < 4.78 is 0. The van der Waals surface area contributed by atoms with Crippen LogP contribution in [-0.2, 0) is 4.79 Å². The number of unbranched alkanes of at least 4 members (excludes halogenated alkanes) is 1. The molecular formula is C8H13O2-. The van der Waals surface area contributed by atoms with Crippen LogP contribution in [0.1, 0.15) is 32.6 Å². The lowest BCUT2D eigenvalue weighted by Crippen LogP contribution is -2.21. The highest BCUT2D eigenvalue weighted by molar-refractivity contribution is 5.64. The van der Waals surface area contributed by atoms with Crippen molar-refractivity contribution < 1.29 is 9.90 Å². The quantitative estimate of drug-likeness (QED) is 0.421. The number of carbonyl (C=O) groups is 1. The summed E-state index contributed by atoms with van der Waals surface area (Å²) in [5.41, 5.74) is 0. The van der Waals surface area contributed by atoms with Gasteiger partial charge in [-0.15, -0.1) is 0 Å². The molecule has 0 aromatic rings. The second-order valence-corrected chi connectivity index (χ2v) is 2.14. The van der Waals surface area contributed by atoms with E-state index in [1.165, 1.54) is 0 Å². The molecule has 0 radical (unpaired) electrons. The smallest absolute Gasteiger partial charge is 0.0414 e. The minimum atomic E-state index is -0.954. The topological polar surface area (TPSA) is 40.1 Å². The Morgan fingerprint density at radius 3 is 2.70 bits per heavy atom. The first-order valence-electron chi connectivity index (χ1n) is 3.62. The van der Waals surface area contributed by atoms with Gasteiger partial charge in [0.05, 0.1) is 0 Å². The van der Waals surface area contributed by atoms with Gasteiger partial charge in [-0.3, -0.25) is 0 Å². The molecule has 58 valence electrons. The van der Waals surface area contributed by atoms with Gasteiger partial charge in [-0.25, -0.2) is 0 Å². The van der Waals surface area contributed by atoms with Gasteiger partial charge in [0, 0.05) is 5.97 Å². The Labute approximate surface area is 61.6 Å². The van der Waals surface area contributed by atoms with Crippen LogP contribution in [0.5, 0.6) is 0 Å². The first-order chi connectivity index (χ1) is 4.77. The molecule has 0 saturated heterocycles. The standard InChI is InChI=1S/C8H14O2/c1-2-3-4-5-6-7-8(9)10/h3-4H,2,5-7H2,1H3,(H,9,10)/p-1/b4-3-. The molecule has 0 heterocycles. The molecule has 0 aromatic heterocycles. The van der Waals surface area contributed by atoms with Gasteiger partial charge >= 0.3 is 0 Å². The van der Waals surface area contributed by atoms with Crippen LogP contribution in [-0.4, -0.2) is 5.97 Å². The molecule has 0 fully saturated rings. The number of allylic oxidation sites excluding steroid dienone is 2. The average Bonchev–Trinajstić information content (AvgIpc) is 1.87. The summed E-state index contributed by atoms with van der Waals surface area (Å²) in [7, 11) is 0. The molecule has 0 saturated carbocycles. The number of rotatable bonds is 5. The third-order valence-corrected chi connectivity index (χ3v) is 1.15. The van der Waals surface area contributed by atoms with Crippen molar-refractivity contribution in [3.05, 3.63) is 12.2 Å². The lowest BCUT2D eigenvalue weighted by molar-refractivity contribution is -0.305. The van der Waals surface area contributed by atoms with Gasteiger partial charge in [0.15, 0.2) is 0 Å². The van der Waals surface area contributed by atoms with Gasteiger partial charge in [0.1, 0.15) is 0 Å². The Hall–Kier alpha value is -0.790. The lowest BCUT2D eigenvalue weighted by atomic mass is 10.2. The van der Waals surface area contributed by atoms with E-state index in [4.69, 9.17) is 0 Å². The van der Waals surface area contributed by atoms with Crippen LogP contribution in [0.2, 0.25) is 0 Å². The summed E-state index contributed by atoms with van der Waals surface area (Å²) in [6.45, 7) is 2.05. The Kier molecular flexibility index (Phi) is 5.83. The molecule has 0 aliphatic heterocycles. The molecule has 0 aromatic carbocycles. The van der Waals surface area contributed by atoms with Crippen molar-refractivity contribution in [2.75, 3.05) is 0 Å². The largest absolute Gasteiger partial charge is 0.550 e. The first kappa shape index (κ1) is 9.21. The Balaban J connectivity index is 3.05. The van der Waals surface area contributed by atoms with Crippen molar-refractivity contribution in [2.45, 2.75) is 32.6 Å². The Morgan fingerprint density at radius 1 is 1.50 bits per heavy atom. The van der Waals surface area contributed by atoms with Crippen molar-refractivity contribution in [3.8, 4) is 0 Å². The number of hydrogen-bond acceptors (Lipinski definition) is 2. The highest BCUT2D eigenvalue weighted by Gasteiger charge is 1.83. The van der Waals surface area contributed by atoms with Crippen LogP contribution >= 0.6 is 0 Å². The van der Waals surface area contributed by atoms with E-state index in [0.717, 1.165) is 12.8 Å². The second kappa shape index (κ2) is 6.33. The molecule has 2 nitrogen and oxygen atoms in total. The van der Waals surface area contributed by atoms with Gasteiger partial charge in [0.25, 0.3) is 0 Å². The first-order valence-corrected chi connectivity index (χ1v) is 3.62.